The number of pyridine rings is 1. The zero-order valence-corrected chi connectivity index (χ0v) is 19.5. The van der Waals surface area contributed by atoms with Crippen LogP contribution >= 0.6 is 0 Å². The molecule has 1 aliphatic rings. The molecule has 2 N–H and O–H groups in total. The molecule has 5 rings (SSSR count). The van der Waals surface area contributed by atoms with Crippen LogP contribution < -0.4 is 0 Å². The summed E-state index contributed by atoms with van der Waals surface area (Å²) in [5, 5.41) is 8.97. The van der Waals surface area contributed by atoms with Crippen molar-refractivity contribution < 1.29 is 0 Å². The third-order valence-electron chi connectivity index (χ3n) is 6.58. The first-order valence-electron chi connectivity index (χ1n) is 11.4. The van der Waals surface area contributed by atoms with Crippen molar-refractivity contribution >= 4 is 16.6 Å². The monoisotopic (exact) mass is 438 g/mol. The number of piperazine rings is 1. The number of H-pyrrole nitrogens is 2. The van der Waals surface area contributed by atoms with Crippen LogP contribution in [0.1, 0.15) is 16.8 Å². The normalized spacial score (nSPS) is 15.4. The van der Waals surface area contributed by atoms with Gasteiger partial charge in [0, 0.05) is 66.5 Å². The van der Waals surface area contributed by atoms with E-state index in [1.165, 1.54) is 16.8 Å². The van der Waals surface area contributed by atoms with Gasteiger partial charge < -0.3 is 14.8 Å². The Kier molecular flexibility index (Phi) is 5.60. The number of hydrogen-bond acceptors (Lipinski definition) is 4. The molecule has 4 aromatic rings. The van der Waals surface area contributed by atoms with Crippen LogP contribution in [0, 0.1) is 13.8 Å². The fourth-order valence-corrected chi connectivity index (χ4v) is 4.63. The van der Waals surface area contributed by atoms with Crippen LogP contribution in [0.3, 0.4) is 0 Å². The summed E-state index contributed by atoms with van der Waals surface area (Å²) < 4.78 is 0. The first-order valence-corrected chi connectivity index (χ1v) is 11.4. The fourth-order valence-electron chi connectivity index (χ4n) is 4.63. The highest BCUT2D eigenvalue weighted by Gasteiger charge is 2.21. The first-order chi connectivity index (χ1) is 16.0. The molecule has 1 saturated heterocycles. The van der Waals surface area contributed by atoms with Gasteiger partial charge in [0.05, 0.1) is 11.2 Å². The molecule has 1 aliphatic heterocycles. The van der Waals surface area contributed by atoms with Crippen molar-refractivity contribution in [2.45, 2.75) is 13.8 Å². The summed E-state index contributed by atoms with van der Waals surface area (Å²) in [5.41, 5.74) is 9.99. The Morgan fingerprint density at radius 2 is 1.91 bits per heavy atom. The lowest BCUT2D eigenvalue weighted by Gasteiger charge is -2.35. The van der Waals surface area contributed by atoms with Gasteiger partial charge in [-0.25, -0.2) is 0 Å². The fraction of sp³-hybridized carbons (Fsp3) is 0.259. The maximum Gasteiger partial charge on any atom is 0.116 e. The number of benzene rings is 1. The molecule has 0 spiro atoms. The van der Waals surface area contributed by atoms with Crippen molar-refractivity contribution in [2.24, 2.45) is 0 Å². The molecule has 0 aliphatic carbocycles. The molecule has 0 bridgehead atoms. The van der Waals surface area contributed by atoms with E-state index in [0.717, 1.165) is 65.3 Å². The minimum atomic E-state index is 0.930. The smallest absolute Gasteiger partial charge is 0.116 e. The largest absolute Gasteiger partial charge is 0.368 e. The molecule has 6 heteroatoms. The lowest BCUT2D eigenvalue weighted by Crippen LogP contribution is -2.43. The van der Waals surface area contributed by atoms with E-state index in [1.807, 2.05) is 24.5 Å². The van der Waals surface area contributed by atoms with E-state index in [9.17, 15) is 0 Å². The molecule has 3 aromatic heterocycles. The molecule has 1 aromatic carbocycles. The third-order valence-corrected chi connectivity index (χ3v) is 6.58. The first kappa shape index (κ1) is 21.2. The highest BCUT2D eigenvalue weighted by atomic mass is 15.3. The van der Waals surface area contributed by atoms with Crippen LogP contribution in [0.25, 0.3) is 39.1 Å². The van der Waals surface area contributed by atoms with Crippen LogP contribution in [0.4, 0.5) is 0 Å². The Balaban J connectivity index is 1.55. The summed E-state index contributed by atoms with van der Waals surface area (Å²) in [5.74, 6) is 0. The number of aryl methyl sites for hydroxylation is 2. The minimum Gasteiger partial charge on any atom is -0.368 e. The lowest BCUT2D eigenvalue weighted by atomic mass is 10.0. The van der Waals surface area contributed by atoms with Gasteiger partial charge >= 0.3 is 0 Å². The Hall–Kier alpha value is -3.64. The van der Waals surface area contributed by atoms with Crippen molar-refractivity contribution in [3.63, 3.8) is 0 Å². The minimum absolute atomic E-state index is 0.930. The zero-order chi connectivity index (χ0) is 22.9. The molecule has 33 heavy (non-hydrogen) atoms. The molecule has 0 atom stereocenters. The maximum atomic E-state index is 4.67. The van der Waals surface area contributed by atoms with Crippen molar-refractivity contribution in [2.75, 3.05) is 33.2 Å². The van der Waals surface area contributed by atoms with Crippen LogP contribution in [0.2, 0.25) is 0 Å². The van der Waals surface area contributed by atoms with E-state index in [2.05, 4.69) is 87.8 Å². The Morgan fingerprint density at radius 1 is 1.09 bits per heavy atom. The molecule has 168 valence electrons. The Morgan fingerprint density at radius 3 is 2.67 bits per heavy atom. The molecule has 0 saturated carbocycles. The van der Waals surface area contributed by atoms with E-state index < -0.39 is 0 Å². The molecule has 0 unspecified atom stereocenters. The SMILES string of the molecule is C=C/C=C(\c1cc(-c2n[nH]c3ccc(-c4cnccc4C)cc23)[nH]c1C)N1CCN(C)CC1. The molecule has 0 amide bonds. The number of nitrogens with zero attached hydrogens (tertiary/aromatic N) is 4. The molecule has 0 radical (unpaired) electrons. The number of aromatic nitrogens is 4. The van der Waals surface area contributed by atoms with Crippen LogP contribution in [-0.4, -0.2) is 63.2 Å². The maximum absolute atomic E-state index is 4.67. The number of fused-ring (bicyclic) bond motifs is 1. The number of nitrogens with one attached hydrogen (secondary N) is 2. The zero-order valence-electron chi connectivity index (χ0n) is 19.5. The lowest BCUT2D eigenvalue weighted by molar-refractivity contribution is 0.207. The number of hydrogen-bond donors (Lipinski definition) is 2. The highest BCUT2D eigenvalue weighted by Crippen LogP contribution is 2.34. The van der Waals surface area contributed by atoms with Crippen molar-refractivity contribution in [1.82, 2.24) is 30.0 Å². The van der Waals surface area contributed by atoms with Gasteiger partial charge in [-0.2, -0.15) is 5.10 Å². The second-order valence-electron chi connectivity index (χ2n) is 8.82. The Labute approximate surface area is 194 Å². The summed E-state index contributed by atoms with van der Waals surface area (Å²) in [4.78, 5) is 12.7. The van der Waals surface area contributed by atoms with Gasteiger partial charge in [0.25, 0.3) is 0 Å². The van der Waals surface area contributed by atoms with E-state index in [0.29, 0.717) is 0 Å². The van der Waals surface area contributed by atoms with Gasteiger partial charge in [0.15, 0.2) is 0 Å². The van der Waals surface area contributed by atoms with Gasteiger partial charge in [-0.1, -0.05) is 18.7 Å². The summed E-state index contributed by atoms with van der Waals surface area (Å²) >= 11 is 0. The van der Waals surface area contributed by atoms with Gasteiger partial charge in [-0.3, -0.25) is 10.1 Å². The van der Waals surface area contributed by atoms with Crippen LogP contribution in [0.5, 0.6) is 0 Å². The third kappa shape index (κ3) is 3.98. The van der Waals surface area contributed by atoms with Crippen molar-refractivity contribution in [3.05, 3.63) is 78.3 Å². The van der Waals surface area contributed by atoms with E-state index in [4.69, 9.17) is 0 Å². The second-order valence-corrected chi connectivity index (χ2v) is 8.82. The second kappa shape index (κ2) is 8.71. The van der Waals surface area contributed by atoms with E-state index in [1.54, 1.807) is 0 Å². The molecule has 6 nitrogen and oxygen atoms in total. The van der Waals surface area contributed by atoms with E-state index >= 15 is 0 Å². The topological polar surface area (TPSA) is 63.8 Å². The summed E-state index contributed by atoms with van der Waals surface area (Å²) in [6.45, 7) is 12.3. The van der Waals surface area contributed by atoms with Crippen LogP contribution in [-0.2, 0) is 0 Å². The van der Waals surface area contributed by atoms with E-state index in [-0.39, 0.29) is 0 Å². The van der Waals surface area contributed by atoms with Crippen LogP contribution in [0.15, 0.2) is 61.5 Å². The summed E-state index contributed by atoms with van der Waals surface area (Å²) in [6.07, 6.45) is 7.76. The standard InChI is InChI=1S/C27H30N6/c1-5-6-26(33-13-11-32(4)12-14-33)21-16-25(29-19(21)3)27-22-15-20(7-8-24(22)30-31-27)23-17-28-10-9-18(23)2/h5-10,15-17,29H,1,11-14H2,2-4H3,(H,30,31)/b26-6+. The van der Waals surface area contributed by atoms with Gasteiger partial charge in [-0.15, -0.1) is 0 Å². The van der Waals surface area contributed by atoms with Gasteiger partial charge in [-0.05, 0) is 62.4 Å². The summed E-state index contributed by atoms with van der Waals surface area (Å²) in [7, 11) is 2.18. The number of aromatic amines is 2. The molecule has 4 heterocycles. The van der Waals surface area contributed by atoms with Crippen molar-refractivity contribution in [1.29, 1.82) is 0 Å². The number of allylic oxidation sites excluding steroid dienone is 2. The number of likely N-dealkylation sites (N-methyl/N-ethyl adjacent to an activating group) is 1. The highest BCUT2D eigenvalue weighted by molar-refractivity contribution is 5.95. The van der Waals surface area contributed by atoms with Gasteiger partial charge in [0.1, 0.15) is 5.69 Å². The molecular weight excluding hydrogens is 408 g/mol. The molecular formula is C27H30N6. The molecule has 1 fully saturated rings. The Bertz CT molecular complexity index is 1330. The average molecular weight is 439 g/mol. The van der Waals surface area contributed by atoms with Crippen molar-refractivity contribution in [3.8, 4) is 22.5 Å². The van der Waals surface area contributed by atoms with Gasteiger partial charge in [0.2, 0.25) is 0 Å². The quantitative estimate of drug-likeness (QED) is 0.430. The predicted octanol–water partition coefficient (Wildman–Crippen LogP) is 5.01. The summed E-state index contributed by atoms with van der Waals surface area (Å²) in [6, 6.07) is 10.7. The number of rotatable bonds is 5. The predicted molar refractivity (Wildman–Crippen MR) is 136 cm³/mol. The average Bonchev–Trinajstić information content (AvgIpc) is 3.41.